The Bertz CT molecular complexity index is 1380. The van der Waals surface area contributed by atoms with Gasteiger partial charge in [-0.15, -0.1) is 0 Å². The van der Waals surface area contributed by atoms with Crippen LogP contribution in [0, 0.1) is 22.7 Å². The van der Waals surface area contributed by atoms with Crippen molar-refractivity contribution in [3.63, 3.8) is 0 Å². The number of rotatable bonds is 5. The zero-order valence-electron chi connectivity index (χ0n) is 24.6. The zero-order chi connectivity index (χ0) is 30.4. The van der Waals surface area contributed by atoms with Crippen LogP contribution in [0.15, 0.2) is 48.1 Å². The Hall–Kier alpha value is -2.34. The molecule has 0 radical (unpaired) electrons. The molecule has 3 saturated carbocycles. The highest BCUT2D eigenvalue weighted by Gasteiger charge is 2.80. The van der Waals surface area contributed by atoms with Crippen molar-refractivity contribution in [1.29, 1.82) is 0 Å². The number of hydrogen-bond acceptors (Lipinski definition) is 8. The van der Waals surface area contributed by atoms with E-state index in [1.165, 1.54) is 12.2 Å². The van der Waals surface area contributed by atoms with Gasteiger partial charge < -0.3 is 25.0 Å². The molecule has 0 spiro atoms. The topological polar surface area (TPSA) is 108 Å². The molecular weight excluding hydrogens is 558 g/mol. The number of aliphatic hydroxyl groups excluding tert-OH is 2. The minimum absolute atomic E-state index is 0.0497. The van der Waals surface area contributed by atoms with E-state index in [1.54, 1.807) is 13.8 Å². The van der Waals surface area contributed by atoms with Crippen LogP contribution >= 0.6 is 0 Å². The molecule has 10 atom stereocenters. The zero-order valence-corrected chi connectivity index (χ0v) is 24.6. The molecule has 6 aliphatic rings. The summed E-state index contributed by atoms with van der Waals surface area (Å²) in [5.41, 5.74) is -4.66. The van der Waals surface area contributed by atoms with Gasteiger partial charge in [0.15, 0.2) is 29.1 Å². The molecule has 1 aromatic rings. The SMILES string of the molecule is C[C@]12C=CC(=O)C=C1[C@@H](F)C[C@H]1[C@@H]3C[C@H]4O[C@@H](c5ccc(CN6CCNCC6)cc5)O[C@@]4(C(=O)CO)[C@@]3(C)C[C@H](O)[C@@]12F. The molecule has 3 N–H and O–H groups in total. The lowest BCUT2D eigenvalue weighted by Gasteiger charge is -2.63. The number of nitrogens with one attached hydrogen (secondary N) is 1. The summed E-state index contributed by atoms with van der Waals surface area (Å²) in [4.78, 5) is 28.2. The van der Waals surface area contributed by atoms with Crippen molar-refractivity contribution in [3.05, 3.63) is 59.2 Å². The maximum absolute atomic E-state index is 17.5. The van der Waals surface area contributed by atoms with Crippen LogP contribution in [0.2, 0.25) is 0 Å². The van der Waals surface area contributed by atoms with Gasteiger partial charge in [0.05, 0.1) is 12.2 Å². The Labute approximate surface area is 250 Å². The largest absolute Gasteiger partial charge is 0.390 e. The fraction of sp³-hybridized carbons (Fsp3) is 0.636. The normalized spacial score (nSPS) is 45.6. The number of alkyl halides is 2. The average molecular weight is 599 g/mol. The molecule has 1 aromatic carbocycles. The van der Waals surface area contributed by atoms with Crippen LogP contribution in [-0.2, 0) is 25.6 Å². The van der Waals surface area contributed by atoms with Gasteiger partial charge in [0.2, 0.25) is 0 Å². The van der Waals surface area contributed by atoms with E-state index in [1.807, 2.05) is 24.3 Å². The highest BCUT2D eigenvalue weighted by Crippen LogP contribution is 2.72. The van der Waals surface area contributed by atoms with E-state index in [2.05, 4.69) is 10.2 Å². The molecule has 10 heteroatoms. The lowest BCUT2D eigenvalue weighted by atomic mass is 9.44. The Balaban J connectivity index is 1.20. The molecule has 0 unspecified atom stereocenters. The molecule has 5 fully saturated rings. The predicted octanol–water partition coefficient (Wildman–Crippen LogP) is 2.73. The van der Waals surface area contributed by atoms with Gasteiger partial charge in [-0.25, -0.2) is 8.78 Å². The second-order valence-corrected chi connectivity index (χ2v) is 13.8. The van der Waals surface area contributed by atoms with Crippen LogP contribution in [0.5, 0.6) is 0 Å². The molecule has 0 bridgehead atoms. The van der Waals surface area contributed by atoms with Crippen LogP contribution in [0.1, 0.15) is 50.5 Å². The second kappa shape index (κ2) is 10.1. The van der Waals surface area contributed by atoms with Crippen molar-refractivity contribution in [2.45, 2.75) is 75.6 Å². The van der Waals surface area contributed by atoms with Gasteiger partial charge in [-0.2, -0.15) is 0 Å². The highest BCUT2D eigenvalue weighted by atomic mass is 19.1. The number of hydrogen-bond donors (Lipinski definition) is 3. The number of Topliss-reactive ketones (excluding diaryl/α,β-unsaturated/α-hetero) is 1. The van der Waals surface area contributed by atoms with Crippen LogP contribution in [-0.4, -0.2) is 89.1 Å². The fourth-order valence-electron chi connectivity index (χ4n) is 9.62. The van der Waals surface area contributed by atoms with E-state index in [0.717, 1.165) is 49.9 Å². The summed E-state index contributed by atoms with van der Waals surface area (Å²) < 4.78 is 46.3. The Morgan fingerprint density at radius 1 is 1.14 bits per heavy atom. The average Bonchev–Trinajstić information content (AvgIpc) is 3.49. The molecule has 8 nitrogen and oxygen atoms in total. The van der Waals surface area contributed by atoms with Crippen molar-refractivity contribution in [3.8, 4) is 0 Å². The molecule has 4 aliphatic carbocycles. The number of ketones is 2. The third kappa shape index (κ3) is 3.93. The van der Waals surface area contributed by atoms with Crippen molar-refractivity contribution in [2.75, 3.05) is 32.8 Å². The Kier molecular flexibility index (Phi) is 6.89. The van der Waals surface area contributed by atoms with E-state index in [-0.39, 0.29) is 24.8 Å². The Morgan fingerprint density at radius 3 is 2.56 bits per heavy atom. The summed E-state index contributed by atoms with van der Waals surface area (Å²) in [5, 5.41) is 25.2. The van der Waals surface area contributed by atoms with Crippen molar-refractivity contribution in [2.24, 2.45) is 22.7 Å². The summed E-state index contributed by atoms with van der Waals surface area (Å²) >= 11 is 0. The first-order valence-corrected chi connectivity index (χ1v) is 15.4. The number of aliphatic hydroxyl groups is 2. The number of nitrogens with zero attached hydrogens (tertiary/aromatic N) is 1. The van der Waals surface area contributed by atoms with Crippen molar-refractivity contribution >= 4 is 11.6 Å². The van der Waals surface area contributed by atoms with Crippen LogP contribution in [0.3, 0.4) is 0 Å². The molecule has 0 aromatic heterocycles. The van der Waals surface area contributed by atoms with Crippen LogP contribution in [0.25, 0.3) is 0 Å². The van der Waals surface area contributed by atoms with E-state index in [9.17, 15) is 19.8 Å². The summed E-state index contributed by atoms with van der Waals surface area (Å²) in [6, 6.07) is 7.87. The van der Waals surface area contributed by atoms with E-state index >= 15 is 8.78 Å². The number of benzene rings is 1. The number of ether oxygens (including phenoxy) is 2. The number of carbonyl (C=O) groups excluding carboxylic acids is 2. The number of fused-ring (bicyclic) bond motifs is 7. The molecule has 43 heavy (non-hydrogen) atoms. The first kappa shape index (κ1) is 29.4. The number of halogens is 2. The summed E-state index contributed by atoms with van der Waals surface area (Å²) in [5.74, 6) is -2.53. The van der Waals surface area contributed by atoms with Gasteiger partial charge in [0, 0.05) is 55.0 Å². The van der Waals surface area contributed by atoms with Gasteiger partial charge in [-0.1, -0.05) is 37.3 Å². The van der Waals surface area contributed by atoms with Gasteiger partial charge >= 0.3 is 0 Å². The van der Waals surface area contributed by atoms with Crippen molar-refractivity contribution in [1.82, 2.24) is 10.2 Å². The van der Waals surface area contributed by atoms with Gasteiger partial charge in [0.25, 0.3) is 0 Å². The second-order valence-electron chi connectivity index (χ2n) is 13.8. The third-order valence-corrected chi connectivity index (χ3v) is 11.8. The van der Waals surface area contributed by atoms with Crippen LogP contribution in [0.4, 0.5) is 8.78 Å². The Morgan fingerprint density at radius 2 is 1.86 bits per heavy atom. The van der Waals surface area contributed by atoms with E-state index in [0.29, 0.717) is 0 Å². The number of carbonyl (C=O) groups is 2. The number of piperazine rings is 1. The van der Waals surface area contributed by atoms with Crippen molar-refractivity contribution < 1.29 is 38.1 Å². The van der Waals surface area contributed by atoms with Gasteiger partial charge in [-0.05, 0) is 55.4 Å². The number of allylic oxidation sites excluding steroid dienone is 4. The van der Waals surface area contributed by atoms with E-state index in [4.69, 9.17) is 9.47 Å². The monoisotopic (exact) mass is 598 g/mol. The smallest absolute Gasteiger partial charge is 0.193 e. The fourth-order valence-corrected chi connectivity index (χ4v) is 9.62. The summed E-state index contributed by atoms with van der Waals surface area (Å²) in [6.45, 7) is 7.23. The maximum Gasteiger partial charge on any atom is 0.193 e. The molecule has 232 valence electrons. The van der Waals surface area contributed by atoms with E-state index < -0.39 is 76.8 Å². The first-order valence-electron chi connectivity index (χ1n) is 15.4. The predicted molar refractivity (Wildman–Crippen MR) is 152 cm³/mol. The summed E-state index contributed by atoms with van der Waals surface area (Å²) in [6.07, 6.45) is -1.22. The quantitative estimate of drug-likeness (QED) is 0.475. The first-order chi connectivity index (χ1) is 20.5. The molecule has 2 heterocycles. The minimum atomic E-state index is -2.27. The van der Waals surface area contributed by atoms with Crippen LogP contribution < -0.4 is 5.32 Å². The standard InChI is InChI=1S/C33H40F2N2O6/c1-30-8-7-21(39)13-24(30)25(34)14-23-22-15-28-33(27(41)18-38,31(22,2)16-26(40)32(23,30)35)43-29(42-28)20-5-3-19(4-6-20)17-37-11-9-36-10-12-37/h3-8,13,22-23,25-26,28-29,36,38,40H,9-12,14-18H2,1-2H3/t22-,23-,25-,26-,28+,29+,30-,31-,32-,33+/m0/s1. The molecular formula is C33H40F2N2O6. The lowest BCUT2D eigenvalue weighted by molar-refractivity contribution is -0.235. The molecule has 2 saturated heterocycles. The summed E-state index contributed by atoms with van der Waals surface area (Å²) in [7, 11) is 0. The molecule has 0 amide bonds. The molecule has 2 aliphatic heterocycles. The van der Waals surface area contributed by atoms with Gasteiger partial charge in [0.1, 0.15) is 12.8 Å². The highest BCUT2D eigenvalue weighted by molar-refractivity contribution is 6.01. The lowest BCUT2D eigenvalue weighted by Crippen LogP contribution is -2.70. The minimum Gasteiger partial charge on any atom is -0.390 e. The van der Waals surface area contributed by atoms with Gasteiger partial charge in [-0.3, -0.25) is 14.5 Å². The molecule has 7 rings (SSSR count). The maximum atomic E-state index is 17.5. The third-order valence-electron chi connectivity index (χ3n) is 11.8.